The Balaban J connectivity index is 2.72. The Kier molecular flexibility index (Phi) is 4.98. The molecule has 0 bridgehead atoms. The van der Waals surface area contributed by atoms with Crippen LogP contribution in [0.25, 0.3) is 0 Å². The molecule has 1 heterocycles. The summed E-state index contributed by atoms with van der Waals surface area (Å²) in [6.07, 6.45) is 1.79. The Hall–Kier alpha value is -1.54. The van der Waals surface area contributed by atoms with E-state index in [9.17, 15) is 0 Å². The van der Waals surface area contributed by atoms with Gasteiger partial charge < -0.3 is 10.4 Å². The number of nitrogens with zero attached hydrogens (tertiary/aromatic N) is 3. The first-order valence-corrected chi connectivity index (χ1v) is 5.92. The van der Waals surface area contributed by atoms with Gasteiger partial charge in [-0.05, 0) is 19.3 Å². The second-order valence-corrected chi connectivity index (χ2v) is 4.21. The third-order valence-corrected chi connectivity index (χ3v) is 3.01. The molecule has 0 spiro atoms. The highest BCUT2D eigenvalue weighted by atomic mass is 16.3. The van der Waals surface area contributed by atoms with Crippen LogP contribution in [0, 0.1) is 24.2 Å². The standard InChI is InChI=1S/C12H20N4O/c1-4-10(5-6-17)8-14-12-11(7-13)9(2)15-16(12)3/h10,14,17H,4-6,8H2,1-3H3. The van der Waals surface area contributed by atoms with E-state index in [1.807, 2.05) is 14.0 Å². The summed E-state index contributed by atoms with van der Waals surface area (Å²) < 4.78 is 1.69. The SMILES string of the molecule is CCC(CCO)CNc1c(C#N)c(C)nn1C. The smallest absolute Gasteiger partial charge is 0.142 e. The maximum atomic E-state index is 9.06. The molecule has 0 saturated heterocycles. The van der Waals surface area contributed by atoms with Gasteiger partial charge >= 0.3 is 0 Å². The molecule has 1 rings (SSSR count). The van der Waals surface area contributed by atoms with Gasteiger partial charge in [-0.15, -0.1) is 0 Å². The summed E-state index contributed by atoms with van der Waals surface area (Å²) in [6.45, 7) is 4.89. The van der Waals surface area contributed by atoms with Crippen molar-refractivity contribution in [2.45, 2.75) is 26.7 Å². The summed E-state index contributed by atoms with van der Waals surface area (Å²) in [7, 11) is 1.82. The van der Waals surface area contributed by atoms with Gasteiger partial charge in [0.05, 0.1) is 5.69 Å². The van der Waals surface area contributed by atoms with E-state index in [4.69, 9.17) is 10.4 Å². The van der Waals surface area contributed by atoms with E-state index in [1.54, 1.807) is 4.68 Å². The van der Waals surface area contributed by atoms with Crippen molar-refractivity contribution < 1.29 is 5.11 Å². The molecule has 1 aromatic heterocycles. The molecule has 0 aliphatic rings. The predicted octanol–water partition coefficient (Wildman–Crippen LogP) is 1.42. The van der Waals surface area contributed by atoms with E-state index in [1.165, 1.54) is 0 Å². The zero-order chi connectivity index (χ0) is 12.8. The predicted molar refractivity (Wildman–Crippen MR) is 66.6 cm³/mol. The van der Waals surface area contributed by atoms with Crippen LogP contribution in [0.4, 0.5) is 5.82 Å². The molecule has 0 aromatic carbocycles. The summed E-state index contributed by atoms with van der Waals surface area (Å²) in [6, 6.07) is 2.16. The van der Waals surface area contributed by atoms with E-state index < -0.39 is 0 Å². The number of aliphatic hydroxyl groups excluding tert-OH is 1. The first-order chi connectivity index (χ1) is 8.13. The third kappa shape index (κ3) is 3.21. The van der Waals surface area contributed by atoms with Gasteiger partial charge in [0.25, 0.3) is 0 Å². The highest BCUT2D eigenvalue weighted by Crippen LogP contribution is 2.18. The van der Waals surface area contributed by atoms with E-state index in [0.717, 1.165) is 30.9 Å². The Bertz CT molecular complexity index is 405. The highest BCUT2D eigenvalue weighted by Gasteiger charge is 2.14. The molecule has 5 nitrogen and oxygen atoms in total. The number of nitriles is 1. The molecule has 0 aliphatic carbocycles. The number of rotatable bonds is 6. The lowest BCUT2D eigenvalue weighted by Gasteiger charge is -2.15. The van der Waals surface area contributed by atoms with Gasteiger partial charge in [0.2, 0.25) is 0 Å². The minimum atomic E-state index is 0.204. The van der Waals surface area contributed by atoms with Gasteiger partial charge in [0.1, 0.15) is 17.5 Å². The molecular weight excluding hydrogens is 216 g/mol. The number of anilines is 1. The number of aliphatic hydroxyl groups is 1. The Morgan fingerprint density at radius 1 is 1.59 bits per heavy atom. The van der Waals surface area contributed by atoms with E-state index in [2.05, 4.69) is 23.4 Å². The van der Waals surface area contributed by atoms with Crippen LogP contribution < -0.4 is 5.32 Å². The van der Waals surface area contributed by atoms with Crippen LogP contribution in [0.3, 0.4) is 0 Å². The molecule has 0 fully saturated rings. The fourth-order valence-electron chi connectivity index (χ4n) is 1.87. The first kappa shape index (κ1) is 13.5. The van der Waals surface area contributed by atoms with Crippen molar-refractivity contribution in [2.75, 3.05) is 18.5 Å². The van der Waals surface area contributed by atoms with Crippen molar-refractivity contribution in [3.05, 3.63) is 11.3 Å². The molecule has 0 saturated carbocycles. The maximum absolute atomic E-state index is 9.06. The molecule has 17 heavy (non-hydrogen) atoms. The van der Waals surface area contributed by atoms with Crippen molar-refractivity contribution >= 4 is 5.82 Å². The van der Waals surface area contributed by atoms with E-state index >= 15 is 0 Å². The number of aromatic nitrogens is 2. The largest absolute Gasteiger partial charge is 0.396 e. The van der Waals surface area contributed by atoms with E-state index in [-0.39, 0.29) is 6.61 Å². The molecule has 0 amide bonds. The fourth-order valence-corrected chi connectivity index (χ4v) is 1.87. The number of hydrogen-bond acceptors (Lipinski definition) is 4. The van der Waals surface area contributed by atoms with Crippen molar-refractivity contribution in [3.8, 4) is 6.07 Å². The molecule has 5 heteroatoms. The number of aryl methyl sites for hydroxylation is 2. The molecule has 94 valence electrons. The lowest BCUT2D eigenvalue weighted by atomic mass is 10.0. The average molecular weight is 236 g/mol. The molecule has 1 unspecified atom stereocenters. The van der Waals surface area contributed by atoms with Crippen molar-refractivity contribution in [1.82, 2.24) is 9.78 Å². The average Bonchev–Trinajstić information content (AvgIpc) is 2.58. The molecule has 0 radical (unpaired) electrons. The second-order valence-electron chi connectivity index (χ2n) is 4.21. The molecule has 1 aromatic rings. The minimum Gasteiger partial charge on any atom is -0.396 e. The van der Waals surface area contributed by atoms with Gasteiger partial charge in [-0.2, -0.15) is 10.4 Å². The zero-order valence-corrected chi connectivity index (χ0v) is 10.7. The Morgan fingerprint density at radius 2 is 2.29 bits per heavy atom. The summed E-state index contributed by atoms with van der Waals surface area (Å²) >= 11 is 0. The van der Waals surface area contributed by atoms with Crippen LogP contribution in [0.15, 0.2) is 0 Å². The van der Waals surface area contributed by atoms with Crippen LogP contribution in [0.2, 0.25) is 0 Å². The monoisotopic (exact) mass is 236 g/mol. The first-order valence-electron chi connectivity index (χ1n) is 5.92. The Labute approximate surface area is 102 Å². The van der Waals surface area contributed by atoms with Crippen molar-refractivity contribution in [2.24, 2.45) is 13.0 Å². The molecule has 0 aliphatic heterocycles. The van der Waals surface area contributed by atoms with Crippen LogP contribution in [-0.2, 0) is 7.05 Å². The summed E-state index contributed by atoms with van der Waals surface area (Å²) in [5, 5.41) is 25.5. The van der Waals surface area contributed by atoms with Crippen LogP contribution in [0.5, 0.6) is 0 Å². The quantitative estimate of drug-likeness (QED) is 0.783. The van der Waals surface area contributed by atoms with Gasteiger partial charge in [-0.3, -0.25) is 4.68 Å². The van der Waals surface area contributed by atoms with Gasteiger partial charge in [-0.25, -0.2) is 0 Å². The zero-order valence-electron chi connectivity index (χ0n) is 10.7. The lowest BCUT2D eigenvalue weighted by molar-refractivity contribution is 0.258. The molecule has 1 atom stereocenters. The van der Waals surface area contributed by atoms with Gasteiger partial charge in [0.15, 0.2) is 0 Å². The van der Waals surface area contributed by atoms with Gasteiger partial charge in [0, 0.05) is 20.2 Å². The fraction of sp³-hybridized carbons (Fsp3) is 0.667. The Morgan fingerprint density at radius 3 is 2.82 bits per heavy atom. The van der Waals surface area contributed by atoms with E-state index in [0.29, 0.717) is 11.5 Å². The summed E-state index contributed by atoms with van der Waals surface area (Å²) in [5.41, 5.74) is 1.35. The van der Waals surface area contributed by atoms with Crippen molar-refractivity contribution in [1.29, 1.82) is 5.26 Å². The maximum Gasteiger partial charge on any atom is 0.142 e. The topological polar surface area (TPSA) is 73.9 Å². The summed E-state index contributed by atoms with van der Waals surface area (Å²) in [5.74, 6) is 1.18. The highest BCUT2D eigenvalue weighted by molar-refractivity contribution is 5.54. The third-order valence-electron chi connectivity index (χ3n) is 3.01. The summed E-state index contributed by atoms with van der Waals surface area (Å²) in [4.78, 5) is 0. The van der Waals surface area contributed by atoms with Crippen LogP contribution >= 0.6 is 0 Å². The number of nitrogens with one attached hydrogen (secondary N) is 1. The normalized spacial score (nSPS) is 12.2. The van der Waals surface area contributed by atoms with Gasteiger partial charge in [-0.1, -0.05) is 13.3 Å². The minimum absolute atomic E-state index is 0.204. The lowest BCUT2D eigenvalue weighted by Crippen LogP contribution is -2.17. The second kappa shape index (κ2) is 6.26. The van der Waals surface area contributed by atoms with Crippen LogP contribution in [0.1, 0.15) is 31.0 Å². The van der Waals surface area contributed by atoms with Crippen molar-refractivity contribution in [3.63, 3.8) is 0 Å². The number of hydrogen-bond donors (Lipinski definition) is 2. The molecule has 2 N–H and O–H groups in total. The molecular formula is C12H20N4O. The van der Waals surface area contributed by atoms with Crippen LogP contribution in [-0.4, -0.2) is 28.0 Å².